The van der Waals surface area contributed by atoms with Gasteiger partial charge in [0.25, 0.3) is 23.6 Å². The minimum absolute atomic E-state index is 0.126. The van der Waals surface area contributed by atoms with Crippen molar-refractivity contribution in [2.75, 3.05) is 14.2 Å². The van der Waals surface area contributed by atoms with Crippen LogP contribution in [0.3, 0.4) is 0 Å². The summed E-state index contributed by atoms with van der Waals surface area (Å²) in [5, 5.41) is 14.7. The van der Waals surface area contributed by atoms with E-state index in [-0.39, 0.29) is 63.9 Å². The highest BCUT2D eigenvalue weighted by molar-refractivity contribution is 6.36. The zero-order valence-corrected chi connectivity index (χ0v) is 68.5. The van der Waals surface area contributed by atoms with Crippen LogP contribution in [0.2, 0.25) is 0 Å². The molecular weight excluding hydrogens is 1420 g/mol. The van der Waals surface area contributed by atoms with Crippen LogP contribution >= 0.6 is 0 Å². The first kappa shape index (κ1) is 90.0. The number of nitrogens with one attached hydrogen (secondary N) is 2. The Morgan fingerprint density at radius 3 is 1.21 bits per heavy atom. The Labute approximate surface area is 659 Å². The fourth-order valence-electron chi connectivity index (χ4n) is 13.8. The molecule has 20 heteroatoms. The summed E-state index contributed by atoms with van der Waals surface area (Å²) in [6.07, 6.45) is 3.67. The highest BCUT2D eigenvalue weighted by atomic mass is 16.6. The monoisotopic (exact) mass is 1530 g/mol. The standard InChI is InChI=1S/C17H22O4.C15H19NO3.C15H19NO2.C15H17NO2.C15H18O3.C15H16O3/c1-11(2)10-14(16(18)20-4)15(17(19)21-5)13-8-6-12(3)7-9-13;1-9(2)8-12-13(15(18)16(19)14(12)17)11-6-4-10(3)5-7-11;2*1-9(2)8-12-13(15(18)16-14(12)17)11-6-4-10(3)5-7-11;2*1-9(2)8-12-13(15(17)18-14(12)16)11-6-4-10(3)5-7-11/h6-9,11H,10H2,1-5H3;4-7,9,12-13,19H,8H2,1-3H3;4-7,9,12-13H,8H2,1-3H3,(H,16,17,18);4-7,9H,8H2,1-3H3,(H,16,17,18);4-7,9,12-13H,8H2,1-3H3;4-7,9H,8H2,1-3H3/b15-14-;;;;;/t;2*12-,13-;;12-,13+;/m.11.1./s1. The van der Waals surface area contributed by atoms with E-state index in [0.717, 1.165) is 67.6 Å². The lowest BCUT2D eigenvalue weighted by Crippen LogP contribution is -2.27. The quantitative estimate of drug-likeness (QED) is 0.0160. The lowest BCUT2D eigenvalue weighted by atomic mass is 9.83. The number of methoxy groups -OCH3 is 2. The third-order valence-electron chi connectivity index (χ3n) is 19.3. The van der Waals surface area contributed by atoms with Crippen LogP contribution in [0.15, 0.2) is 162 Å². The van der Waals surface area contributed by atoms with Crippen LogP contribution < -0.4 is 10.6 Å². The fourth-order valence-corrected chi connectivity index (χ4v) is 13.8. The molecule has 3 N–H and O–H groups in total. The molecule has 0 spiro atoms. The summed E-state index contributed by atoms with van der Waals surface area (Å²) in [6, 6.07) is 45.8. The van der Waals surface area contributed by atoms with Crippen molar-refractivity contribution in [2.24, 2.45) is 53.3 Å². The van der Waals surface area contributed by atoms with Gasteiger partial charge in [0.15, 0.2) is 0 Å². The molecule has 112 heavy (non-hydrogen) atoms. The Morgan fingerprint density at radius 1 is 0.393 bits per heavy atom. The van der Waals surface area contributed by atoms with E-state index >= 15 is 0 Å². The van der Waals surface area contributed by atoms with E-state index in [9.17, 15) is 62.7 Å². The van der Waals surface area contributed by atoms with Gasteiger partial charge < -0.3 is 18.9 Å². The van der Waals surface area contributed by atoms with E-state index in [2.05, 4.69) is 24.5 Å². The van der Waals surface area contributed by atoms with Crippen LogP contribution in [0.4, 0.5) is 0 Å². The Balaban J connectivity index is 0.000000210. The zero-order chi connectivity index (χ0) is 83.3. The SMILES string of the molecule is COC(=O)/C(CC(C)C)=C(\C(=O)OC)c1ccc(C)cc1.Cc1ccc(C2=C(CC(C)C)C(=O)NC2=O)cc1.Cc1ccc(C2=C(CC(C)C)C(=O)OC2=O)cc1.Cc1ccc([C@@H]2C(=O)OC(=O)[C@@H]2CC(C)C)cc1.Cc1ccc([C@H]2C(=O)N(O)C(=O)[C@@H]2CC(C)C)cc1.Cc1ccc([C@H]2C(=O)NC(=O)[C@@H]2CC(C)C)cc1. The van der Waals surface area contributed by atoms with E-state index in [0.29, 0.717) is 95.1 Å². The molecule has 0 aromatic heterocycles. The number of imide groups is 3. The Hall–Kier alpha value is -10.9. The van der Waals surface area contributed by atoms with Gasteiger partial charge in [0.1, 0.15) is 0 Å². The van der Waals surface area contributed by atoms with Crippen molar-refractivity contribution < 1.29 is 81.7 Å². The summed E-state index contributed by atoms with van der Waals surface area (Å²) < 4.78 is 19.2. The maximum Gasteiger partial charge on any atom is 0.347 e. The maximum atomic E-state index is 12.2. The molecular formula is C92H111N3O17. The second-order valence-corrected chi connectivity index (χ2v) is 31.9. The molecule has 596 valence electrons. The van der Waals surface area contributed by atoms with Crippen LogP contribution in [-0.4, -0.2) is 95.7 Å². The van der Waals surface area contributed by atoms with Gasteiger partial charge in [-0.1, -0.05) is 262 Å². The molecule has 3 saturated heterocycles. The van der Waals surface area contributed by atoms with Gasteiger partial charge in [-0.15, -0.1) is 0 Å². The van der Waals surface area contributed by atoms with Crippen molar-refractivity contribution in [2.45, 2.75) is 181 Å². The van der Waals surface area contributed by atoms with Crippen molar-refractivity contribution in [3.05, 3.63) is 229 Å². The molecule has 3 fully saturated rings. The third-order valence-corrected chi connectivity index (χ3v) is 19.3. The summed E-state index contributed by atoms with van der Waals surface area (Å²) >= 11 is 0. The second kappa shape index (κ2) is 41.4. The van der Waals surface area contributed by atoms with E-state index < -0.39 is 59.4 Å². The van der Waals surface area contributed by atoms with Crippen molar-refractivity contribution in [3.8, 4) is 0 Å². The number of hydroxylamine groups is 2. The van der Waals surface area contributed by atoms with E-state index in [1.54, 1.807) is 0 Å². The average Bonchev–Trinajstić information content (AvgIpc) is 1.65. The van der Waals surface area contributed by atoms with Crippen LogP contribution in [0.1, 0.15) is 206 Å². The van der Waals surface area contributed by atoms with Crippen molar-refractivity contribution in [3.63, 3.8) is 0 Å². The molecule has 6 atom stereocenters. The number of amides is 6. The van der Waals surface area contributed by atoms with Gasteiger partial charge in [-0.3, -0.25) is 54.2 Å². The molecule has 0 unspecified atom stereocenters. The number of aryl methyl sites for hydroxylation is 6. The number of carbonyl (C=O) groups excluding carboxylic acids is 12. The Kier molecular flexibility index (Phi) is 33.3. The van der Waals surface area contributed by atoms with E-state index in [1.165, 1.54) is 14.2 Å². The number of benzene rings is 6. The predicted molar refractivity (Wildman–Crippen MR) is 429 cm³/mol. The van der Waals surface area contributed by atoms with Gasteiger partial charge in [-0.05, 0) is 149 Å². The number of ether oxygens (including phenoxy) is 4. The topological polar surface area (TPSA) is 289 Å². The maximum absolute atomic E-state index is 12.2. The summed E-state index contributed by atoms with van der Waals surface area (Å²) in [5.41, 5.74) is 14.3. The second-order valence-electron chi connectivity index (χ2n) is 31.9. The Morgan fingerprint density at radius 2 is 0.786 bits per heavy atom. The van der Waals surface area contributed by atoms with Gasteiger partial charge in [0.2, 0.25) is 11.8 Å². The molecule has 6 amide bonds. The molecule has 5 aliphatic heterocycles. The summed E-state index contributed by atoms with van der Waals surface area (Å²) in [6.45, 7) is 36.2. The number of hydrogen-bond acceptors (Lipinski definition) is 17. The first-order valence-corrected chi connectivity index (χ1v) is 38.3. The van der Waals surface area contributed by atoms with E-state index in [1.807, 2.05) is 256 Å². The number of nitrogens with zero attached hydrogens (tertiary/aromatic N) is 1. The minimum Gasteiger partial charge on any atom is -0.466 e. The summed E-state index contributed by atoms with van der Waals surface area (Å²) in [5.74, 6) is -5.03. The molecule has 0 radical (unpaired) electrons. The minimum atomic E-state index is -0.555. The van der Waals surface area contributed by atoms with Gasteiger partial charge in [-0.2, -0.15) is 5.06 Å². The fraction of sp³-hybridized carbons (Fsp3) is 0.413. The molecule has 0 saturated carbocycles. The number of hydrogen-bond donors (Lipinski definition) is 3. The van der Waals surface area contributed by atoms with Gasteiger partial charge in [-0.25, -0.2) is 19.2 Å². The third kappa shape index (κ3) is 24.6. The van der Waals surface area contributed by atoms with Crippen molar-refractivity contribution in [1.82, 2.24) is 15.7 Å². The van der Waals surface area contributed by atoms with Gasteiger partial charge in [0, 0.05) is 5.57 Å². The zero-order valence-electron chi connectivity index (χ0n) is 68.5. The lowest BCUT2D eigenvalue weighted by Gasteiger charge is -2.17. The largest absolute Gasteiger partial charge is 0.466 e. The van der Waals surface area contributed by atoms with Gasteiger partial charge >= 0.3 is 35.8 Å². The highest BCUT2D eigenvalue weighted by Gasteiger charge is 2.49. The van der Waals surface area contributed by atoms with Crippen LogP contribution in [-0.2, 0) is 76.5 Å². The molecule has 0 bridgehead atoms. The lowest BCUT2D eigenvalue weighted by molar-refractivity contribution is -0.172. The molecule has 11 rings (SSSR count). The van der Waals surface area contributed by atoms with Gasteiger partial charge in [0.05, 0.1) is 77.6 Å². The van der Waals surface area contributed by atoms with Crippen LogP contribution in [0, 0.1) is 94.8 Å². The number of cyclic esters (lactones) is 4. The number of esters is 6. The van der Waals surface area contributed by atoms with Crippen molar-refractivity contribution >= 4 is 88.0 Å². The number of carbonyl (C=O) groups is 12. The Bertz CT molecular complexity index is 4290. The molecule has 6 aromatic rings. The number of rotatable bonds is 20. The van der Waals surface area contributed by atoms with E-state index in [4.69, 9.17) is 18.9 Å². The molecule has 5 heterocycles. The summed E-state index contributed by atoms with van der Waals surface area (Å²) in [7, 11) is 2.62. The molecule has 20 nitrogen and oxygen atoms in total. The molecule has 5 aliphatic rings. The van der Waals surface area contributed by atoms with Crippen molar-refractivity contribution in [1.29, 1.82) is 0 Å². The predicted octanol–water partition coefficient (Wildman–Crippen LogP) is 16.2. The first-order chi connectivity index (χ1) is 52.8. The summed E-state index contributed by atoms with van der Waals surface area (Å²) in [4.78, 5) is 143. The van der Waals surface area contributed by atoms with Crippen LogP contribution in [0.25, 0.3) is 16.7 Å². The highest BCUT2D eigenvalue weighted by Crippen LogP contribution is 2.41. The first-order valence-electron chi connectivity index (χ1n) is 38.3. The average molecular weight is 1530 g/mol. The smallest absolute Gasteiger partial charge is 0.347 e. The molecule has 0 aliphatic carbocycles. The normalized spacial score (nSPS) is 18.8. The van der Waals surface area contributed by atoms with Crippen LogP contribution in [0.5, 0.6) is 0 Å². The molecule has 6 aromatic carbocycles.